The van der Waals surface area contributed by atoms with E-state index in [0.717, 1.165) is 5.82 Å². The van der Waals surface area contributed by atoms with Gasteiger partial charge in [-0.2, -0.15) is 5.10 Å². The number of H-pyrrole nitrogens is 1. The third-order valence-electron chi connectivity index (χ3n) is 2.22. The molecule has 1 amide bonds. The number of aromatic amines is 1. The first-order chi connectivity index (χ1) is 8.15. The summed E-state index contributed by atoms with van der Waals surface area (Å²) < 4.78 is 0. The molecule has 1 aromatic heterocycles. The van der Waals surface area contributed by atoms with Crippen molar-refractivity contribution in [2.75, 3.05) is 5.73 Å². The number of nitrogen functional groups attached to an aromatic ring is 1. The zero-order valence-electron chi connectivity index (χ0n) is 9.40. The van der Waals surface area contributed by atoms with Gasteiger partial charge in [0, 0.05) is 11.3 Å². The van der Waals surface area contributed by atoms with Crippen LogP contribution in [0.4, 0.5) is 5.69 Å². The zero-order valence-corrected chi connectivity index (χ0v) is 9.40. The minimum Gasteiger partial charge on any atom is -0.399 e. The molecule has 4 N–H and O–H groups in total. The quantitative estimate of drug-likeness (QED) is 0.675. The average Bonchev–Trinajstić information content (AvgIpc) is 2.73. The number of hydrogen-bond acceptors (Lipinski definition) is 4. The van der Waals surface area contributed by atoms with E-state index in [1.807, 2.05) is 0 Å². The summed E-state index contributed by atoms with van der Waals surface area (Å²) in [7, 11) is 0. The van der Waals surface area contributed by atoms with Gasteiger partial charge in [0.15, 0.2) is 5.82 Å². The second-order valence-electron chi connectivity index (χ2n) is 3.64. The van der Waals surface area contributed by atoms with Gasteiger partial charge in [-0.3, -0.25) is 9.89 Å². The van der Waals surface area contributed by atoms with E-state index in [1.54, 1.807) is 31.2 Å². The molecule has 0 aliphatic rings. The van der Waals surface area contributed by atoms with Crippen LogP contribution < -0.4 is 11.1 Å². The van der Waals surface area contributed by atoms with E-state index in [-0.39, 0.29) is 5.91 Å². The van der Waals surface area contributed by atoms with E-state index in [0.29, 0.717) is 23.6 Å². The minimum atomic E-state index is -0.174. The highest BCUT2D eigenvalue weighted by Gasteiger charge is 2.06. The summed E-state index contributed by atoms with van der Waals surface area (Å²) in [6.45, 7) is 2.10. The molecule has 0 radical (unpaired) electrons. The lowest BCUT2D eigenvalue weighted by Gasteiger charge is -2.02. The van der Waals surface area contributed by atoms with Crippen LogP contribution in [0.5, 0.6) is 0 Å². The number of carbonyl (C=O) groups excluding carboxylic acids is 1. The summed E-state index contributed by atoms with van der Waals surface area (Å²) in [6.07, 6.45) is 0. The van der Waals surface area contributed by atoms with Crippen molar-refractivity contribution in [3.63, 3.8) is 0 Å². The van der Waals surface area contributed by atoms with Gasteiger partial charge in [-0.1, -0.05) is 0 Å². The van der Waals surface area contributed by atoms with Crippen molar-refractivity contribution >= 4 is 11.6 Å². The molecule has 0 aliphatic heterocycles. The van der Waals surface area contributed by atoms with E-state index < -0.39 is 0 Å². The lowest BCUT2D eigenvalue weighted by atomic mass is 10.2. The van der Waals surface area contributed by atoms with Gasteiger partial charge in [0.1, 0.15) is 5.82 Å². The summed E-state index contributed by atoms with van der Waals surface area (Å²) in [5.41, 5.74) is 6.73. The number of nitrogens with one attached hydrogen (secondary N) is 2. The fraction of sp³-hybridized carbons (Fsp3) is 0.182. The number of nitrogens with zero attached hydrogens (tertiary/aromatic N) is 2. The number of rotatable bonds is 3. The molecule has 0 saturated heterocycles. The molecular formula is C11H13N5O. The predicted octanol–water partition coefficient (Wildman–Crippen LogP) is 0.625. The Bertz CT molecular complexity index is 517. The zero-order chi connectivity index (χ0) is 12.3. The van der Waals surface area contributed by atoms with E-state index in [1.165, 1.54) is 0 Å². The maximum atomic E-state index is 11.7. The second kappa shape index (κ2) is 4.65. The molecule has 1 heterocycles. The van der Waals surface area contributed by atoms with Crippen molar-refractivity contribution in [2.45, 2.75) is 13.5 Å². The molecule has 17 heavy (non-hydrogen) atoms. The molecule has 0 aliphatic carbocycles. The first-order valence-corrected chi connectivity index (χ1v) is 5.17. The average molecular weight is 231 g/mol. The Morgan fingerprint density at radius 1 is 1.41 bits per heavy atom. The lowest BCUT2D eigenvalue weighted by Crippen LogP contribution is -2.23. The maximum Gasteiger partial charge on any atom is 0.251 e. The van der Waals surface area contributed by atoms with Crippen molar-refractivity contribution in [2.24, 2.45) is 0 Å². The molecule has 0 bridgehead atoms. The third-order valence-corrected chi connectivity index (χ3v) is 2.22. The van der Waals surface area contributed by atoms with Crippen LogP contribution in [-0.4, -0.2) is 21.1 Å². The fourth-order valence-corrected chi connectivity index (χ4v) is 1.36. The summed E-state index contributed by atoms with van der Waals surface area (Å²) in [4.78, 5) is 15.8. The van der Waals surface area contributed by atoms with Crippen LogP contribution in [-0.2, 0) is 6.54 Å². The van der Waals surface area contributed by atoms with Crippen LogP contribution in [0, 0.1) is 6.92 Å². The molecule has 6 nitrogen and oxygen atoms in total. The maximum absolute atomic E-state index is 11.7. The normalized spacial score (nSPS) is 10.2. The Balaban J connectivity index is 1.95. The van der Waals surface area contributed by atoms with Crippen LogP contribution in [0.3, 0.4) is 0 Å². The predicted molar refractivity (Wildman–Crippen MR) is 63.1 cm³/mol. The van der Waals surface area contributed by atoms with Crippen LogP contribution >= 0.6 is 0 Å². The molecule has 0 atom stereocenters. The van der Waals surface area contributed by atoms with Crippen molar-refractivity contribution in [3.8, 4) is 0 Å². The number of aromatic nitrogens is 3. The molecule has 2 aromatic rings. The van der Waals surface area contributed by atoms with E-state index in [9.17, 15) is 4.79 Å². The molecule has 2 rings (SSSR count). The summed E-state index contributed by atoms with van der Waals surface area (Å²) in [5.74, 6) is 1.11. The van der Waals surface area contributed by atoms with Crippen LogP contribution in [0.2, 0.25) is 0 Å². The molecule has 6 heteroatoms. The molecular weight excluding hydrogens is 218 g/mol. The third kappa shape index (κ3) is 2.81. The second-order valence-corrected chi connectivity index (χ2v) is 3.64. The summed E-state index contributed by atoms with van der Waals surface area (Å²) in [5, 5.41) is 9.36. The van der Waals surface area contributed by atoms with Gasteiger partial charge in [-0.15, -0.1) is 0 Å². The Morgan fingerprint density at radius 3 is 2.71 bits per heavy atom. The minimum absolute atomic E-state index is 0.174. The number of hydrogen-bond donors (Lipinski definition) is 3. The largest absolute Gasteiger partial charge is 0.399 e. The molecule has 1 aromatic carbocycles. The Morgan fingerprint density at radius 2 is 2.12 bits per heavy atom. The van der Waals surface area contributed by atoms with Crippen LogP contribution in [0.1, 0.15) is 22.0 Å². The van der Waals surface area contributed by atoms with E-state index in [4.69, 9.17) is 5.73 Å². The van der Waals surface area contributed by atoms with Crippen molar-refractivity contribution in [3.05, 3.63) is 41.5 Å². The summed E-state index contributed by atoms with van der Waals surface area (Å²) in [6, 6.07) is 6.72. The van der Waals surface area contributed by atoms with E-state index >= 15 is 0 Å². The molecule has 0 fully saturated rings. The van der Waals surface area contributed by atoms with Crippen LogP contribution in [0.15, 0.2) is 24.3 Å². The number of benzene rings is 1. The Kier molecular flexibility index (Phi) is 3.04. The fourth-order valence-electron chi connectivity index (χ4n) is 1.36. The summed E-state index contributed by atoms with van der Waals surface area (Å²) >= 11 is 0. The van der Waals surface area contributed by atoms with Crippen LogP contribution in [0.25, 0.3) is 0 Å². The highest BCUT2D eigenvalue weighted by Crippen LogP contribution is 2.05. The van der Waals surface area contributed by atoms with Gasteiger partial charge in [0.25, 0.3) is 5.91 Å². The van der Waals surface area contributed by atoms with Crippen molar-refractivity contribution < 1.29 is 4.79 Å². The first-order valence-electron chi connectivity index (χ1n) is 5.17. The lowest BCUT2D eigenvalue weighted by molar-refractivity contribution is 0.0950. The van der Waals surface area contributed by atoms with Gasteiger partial charge in [-0.05, 0) is 31.2 Å². The SMILES string of the molecule is Cc1nc(CNC(=O)c2ccc(N)cc2)n[nH]1. The van der Waals surface area contributed by atoms with Gasteiger partial charge in [-0.25, -0.2) is 4.98 Å². The van der Waals surface area contributed by atoms with Crippen molar-refractivity contribution in [1.29, 1.82) is 0 Å². The van der Waals surface area contributed by atoms with Gasteiger partial charge in [0.2, 0.25) is 0 Å². The topological polar surface area (TPSA) is 96.7 Å². The molecule has 0 saturated carbocycles. The number of aryl methyl sites for hydroxylation is 1. The number of amides is 1. The first kappa shape index (κ1) is 11.1. The Labute approximate surface area is 98.3 Å². The highest BCUT2D eigenvalue weighted by molar-refractivity contribution is 5.94. The van der Waals surface area contributed by atoms with Gasteiger partial charge >= 0.3 is 0 Å². The molecule has 88 valence electrons. The van der Waals surface area contributed by atoms with E-state index in [2.05, 4.69) is 20.5 Å². The molecule has 0 spiro atoms. The van der Waals surface area contributed by atoms with Gasteiger partial charge in [0.05, 0.1) is 6.54 Å². The Hall–Kier alpha value is -2.37. The monoisotopic (exact) mass is 231 g/mol. The standard InChI is InChI=1S/C11H13N5O/c1-7-14-10(16-15-7)6-13-11(17)8-2-4-9(12)5-3-8/h2-5H,6,12H2,1H3,(H,13,17)(H,14,15,16). The number of carbonyl (C=O) groups is 1. The number of anilines is 1. The van der Waals surface area contributed by atoms with Gasteiger partial charge < -0.3 is 11.1 Å². The van der Waals surface area contributed by atoms with Crippen molar-refractivity contribution in [1.82, 2.24) is 20.5 Å². The number of nitrogens with two attached hydrogens (primary N) is 1. The highest BCUT2D eigenvalue weighted by atomic mass is 16.1. The smallest absolute Gasteiger partial charge is 0.251 e. The molecule has 0 unspecified atom stereocenters.